The van der Waals surface area contributed by atoms with Crippen molar-refractivity contribution in [3.63, 3.8) is 0 Å². The summed E-state index contributed by atoms with van der Waals surface area (Å²) in [6, 6.07) is 6.68. The number of rotatable bonds is 2. The van der Waals surface area contributed by atoms with Crippen LogP contribution < -0.4 is 0 Å². The van der Waals surface area contributed by atoms with E-state index < -0.39 is 0 Å². The lowest BCUT2D eigenvalue weighted by Crippen LogP contribution is -1.91. The van der Waals surface area contributed by atoms with Gasteiger partial charge in [-0.25, -0.2) is 0 Å². The van der Waals surface area contributed by atoms with Crippen LogP contribution in [-0.2, 0) is 0 Å². The van der Waals surface area contributed by atoms with Crippen molar-refractivity contribution in [2.45, 2.75) is 30.4 Å². The van der Waals surface area contributed by atoms with Gasteiger partial charge in [0.05, 0.1) is 0 Å². The van der Waals surface area contributed by atoms with E-state index in [9.17, 15) is 0 Å². The van der Waals surface area contributed by atoms with Crippen molar-refractivity contribution < 1.29 is 0 Å². The Labute approximate surface area is 97.0 Å². The van der Waals surface area contributed by atoms with Gasteiger partial charge in [0.15, 0.2) is 0 Å². The van der Waals surface area contributed by atoms with E-state index in [0.717, 1.165) is 0 Å². The van der Waals surface area contributed by atoms with E-state index >= 15 is 0 Å². The van der Waals surface area contributed by atoms with Crippen LogP contribution in [0.4, 0.5) is 0 Å². The second-order valence-corrected chi connectivity index (χ2v) is 6.16. The minimum absolute atomic E-state index is 0.428. The first-order valence-corrected chi connectivity index (χ1v) is 6.23. The molecule has 0 radical (unpaired) electrons. The van der Waals surface area contributed by atoms with Crippen LogP contribution in [0.15, 0.2) is 18.2 Å². The molecular formula is C11H14Br2. The average molecular weight is 306 g/mol. The summed E-state index contributed by atoms with van der Waals surface area (Å²) in [6.45, 7) is 6.44. The van der Waals surface area contributed by atoms with Gasteiger partial charge in [0.1, 0.15) is 0 Å². The zero-order valence-corrected chi connectivity index (χ0v) is 11.3. The van der Waals surface area contributed by atoms with Crippen LogP contribution in [0.1, 0.15) is 40.2 Å². The number of halogens is 2. The van der Waals surface area contributed by atoms with Gasteiger partial charge in [0, 0.05) is 9.65 Å². The molecule has 2 unspecified atom stereocenters. The van der Waals surface area contributed by atoms with Gasteiger partial charge in [-0.15, -0.1) is 0 Å². The number of aryl methyl sites for hydroxylation is 1. The highest BCUT2D eigenvalue weighted by Gasteiger charge is 2.06. The Balaban J connectivity index is 3.11. The first kappa shape index (κ1) is 11.3. The molecule has 13 heavy (non-hydrogen) atoms. The van der Waals surface area contributed by atoms with Gasteiger partial charge < -0.3 is 0 Å². The van der Waals surface area contributed by atoms with Crippen molar-refractivity contribution in [3.8, 4) is 0 Å². The second-order valence-electron chi connectivity index (χ2n) is 3.41. The Kier molecular flexibility index (Phi) is 3.99. The monoisotopic (exact) mass is 304 g/mol. The maximum atomic E-state index is 3.58. The predicted molar refractivity (Wildman–Crippen MR) is 65.9 cm³/mol. The summed E-state index contributed by atoms with van der Waals surface area (Å²) in [5.41, 5.74) is 4.02. The average Bonchev–Trinajstić information content (AvgIpc) is 2.03. The lowest BCUT2D eigenvalue weighted by molar-refractivity contribution is 1.06. The van der Waals surface area contributed by atoms with Gasteiger partial charge in [0.25, 0.3) is 0 Å². The van der Waals surface area contributed by atoms with Crippen LogP contribution >= 0.6 is 31.9 Å². The van der Waals surface area contributed by atoms with Crippen molar-refractivity contribution in [1.29, 1.82) is 0 Å². The number of alkyl halides is 2. The molecule has 0 nitrogen and oxygen atoms in total. The third-order valence-corrected chi connectivity index (χ3v) is 3.10. The molecule has 1 aromatic carbocycles. The molecule has 0 aliphatic heterocycles. The maximum Gasteiger partial charge on any atom is 0.0367 e. The van der Waals surface area contributed by atoms with Crippen LogP contribution in [0, 0.1) is 6.92 Å². The molecular weight excluding hydrogens is 292 g/mol. The van der Waals surface area contributed by atoms with E-state index in [1.807, 2.05) is 0 Å². The molecule has 1 aromatic rings. The van der Waals surface area contributed by atoms with E-state index in [1.54, 1.807) is 0 Å². The Morgan fingerprint density at radius 3 is 1.62 bits per heavy atom. The van der Waals surface area contributed by atoms with E-state index in [-0.39, 0.29) is 0 Å². The molecule has 0 spiro atoms. The first-order chi connectivity index (χ1) is 6.00. The molecule has 0 aromatic heterocycles. The zero-order valence-electron chi connectivity index (χ0n) is 8.14. The lowest BCUT2D eigenvalue weighted by Gasteiger charge is -2.10. The molecule has 0 bridgehead atoms. The largest absolute Gasteiger partial charge is 0.0842 e. The van der Waals surface area contributed by atoms with E-state index in [0.29, 0.717) is 9.65 Å². The Bertz CT molecular complexity index is 264. The van der Waals surface area contributed by atoms with Crippen molar-refractivity contribution in [1.82, 2.24) is 0 Å². The van der Waals surface area contributed by atoms with Crippen LogP contribution in [0.2, 0.25) is 0 Å². The van der Waals surface area contributed by atoms with Crippen molar-refractivity contribution in [2.75, 3.05) is 0 Å². The van der Waals surface area contributed by atoms with E-state index in [2.05, 4.69) is 70.8 Å². The molecule has 0 aliphatic carbocycles. The Hall–Kier alpha value is 0.180. The molecule has 2 heteroatoms. The van der Waals surface area contributed by atoms with Crippen LogP contribution in [0.5, 0.6) is 0 Å². The summed E-state index contributed by atoms with van der Waals surface area (Å²) in [6.07, 6.45) is 0. The minimum Gasteiger partial charge on any atom is -0.0842 e. The molecule has 0 N–H and O–H groups in total. The van der Waals surface area contributed by atoms with Gasteiger partial charge >= 0.3 is 0 Å². The van der Waals surface area contributed by atoms with Crippen molar-refractivity contribution >= 4 is 31.9 Å². The normalized spacial score (nSPS) is 15.5. The molecule has 0 amide bonds. The highest BCUT2D eigenvalue weighted by Crippen LogP contribution is 2.29. The summed E-state index contributed by atoms with van der Waals surface area (Å²) < 4.78 is 0. The third kappa shape index (κ3) is 3.10. The maximum absolute atomic E-state index is 3.58. The van der Waals surface area contributed by atoms with E-state index in [4.69, 9.17) is 0 Å². The number of benzene rings is 1. The van der Waals surface area contributed by atoms with Gasteiger partial charge in [0.2, 0.25) is 0 Å². The quantitative estimate of drug-likeness (QED) is 0.681. The predicted octanol–water partition coefficient (Wildman–Crippen LogP) is 4.91. The summed E-state index contributed by atoms with van der Waals surface area (Å²) in [7, 11) is 0. The Morgan fingerprint density at radius 2 is 1.31 bits per heavy atom. The number of hydrogen-bond donors (Lipinski definition) is 0. The summed E-state index contributed by atoms with van der Waals surface area (Å²) in [5.74, 6) is 0. The van der Waals surface area contributed by atoms with E-state index in [1.165, 1.54) is 16.7 Å². The van der Waals surface area contributed by atoms with Crippen LogP contribution in [-0.4, -0.2) is 0 Å². The molecule has 72 valence electrons. The number of hydrogen-bond acceptors (Lipinski definition) is 0. The first-order valence-electron chi connectivity index (χ1n) is 4.40. The molecule has 0 saturated heterocycles. The van der Waals surface area contributed by atoms with Gasteiger partial charge in [-0.1, -0.05) is 55.6 Å². The highest BCUT2D eigenvalue weighted by atomic mass is 79.9. The SMILES string of the molecule is Cc1cc(C(C)Br)cc(C(C)Br)c1. The molecule has 1 rings (SSSR count). The fraction of sp³-hybridized carbons (Fsp3) is 0.455. The summed E-state index contributed by atoms with van der Waals surface area (Å²) >= 11 is 7.17. The highest BCUT2D eigenvalue weighted by molar-refractivity contribution is 9.09. The van der Waals surface area contributed by atoms with Gasteiger partial charge in [-0.2, -0.15) is 0 Å². The standard InChI is InChI=1S/C11H14Br2/c1-7-4-10(8(2)12)6-11(5-7)9(3)13/h4-6,8-9H,1-3H3. The van der Waals surface area contributed by atoms with Crippen LogP contribution in [0.3, 0.4) is 0 Å². The summed E-state index contributed by atoms with van der Waals surface area (Å²) in [5, 5.41) is 0. The smallest absolute Gasteiger partial charge is 0.0367 e. The summed E-state index contributed by atoms with van der Waals surface area (Å²) in [4.78, 5) is 0.856. The van der Waals surface area contributed by atoms with Crippen molar-refractivity contribution in [2.24, 2.45) is 0 Å². The lowest BCUT2D eigenvalue weighted by atomic mass is 10.0. The minimum atomic E-state index is 0.428. The molecule has 0 heterocycles. The zero-order chi connectivity index (χ0) is 10.0. The fourth-order valence-corrected chi connectivity index (χ4v) is 1.83. The molecule has 0 saturated carbocycles. The fourth-order valence-electron chi connectivity index (χ4n) is 1.30. The van der Waals surface area contributed by atoms with Gasteiger partial charge in [-0.3, -0.25) is 0 Å². The Morgan fingerprint density at radius 1 is 0.923 bits per heavy atom. The molecule has 0 fully saturated rings. The van der Waals surface area contributed by atoms with Crippen LogP contribution in [0.25, 0.3) is 0 Å². The molecule has 2 atom stereocenters. The second kappa shape index (κ2) is 4.61. The molecule has 0 aliphatic rings. The van der Waals surface area contributed by atoms with Gasteiger partial charge in [-0.05, 0) is 31.9 Å². The third-order valence-electron chi connectivity index (χ3n) is 2.04. The van der Waals surface area contributed by atoms with Crippen molar-refractivity contribution in [3.05, 3.63) is 34.9 Å². The topological polar surface area (TPSA) is 0 Å².